The fraction of sp³-hybridized carbons (Fsp3) is 0.778. The number of likely N-dealkylation sites (tertiary alicyclic amines) is 1. The minimum atomic E-state index is -0.990. The first-order valence-electron chi connectivity index (χ1n) is 4.59. The van der Waals surface area contributed by atoms with E-state index in [4.69, 9.17) is 16.1 Å². The molecular formula is C9H15N3O2. The van der Waals surface area contributed by atoms with E-state index in [1.165, 1.54) is 0 Å². The molecule has 5 nitrogen and oxygen atoms in total. The maximum Gasteiger partial charge on any atom is 0.321 e. The number of nitrogens with zero attached hydrogens (tertiary/aromatic N) is 2. The van der Waals surface area contributed by atoms with Crippen LogP contribution < -0.4 is 5.73 Å². The van der Waals surface area contributed by atoms with Gasteiger partial charge in [-0.3, -0.25) is 9.69 Å². The fourth-order valence-electron chi connectivity index (χ4n) is 1.66. The summed E-state index contributed by atoms with van der Waals surface area (Å²) in [4.78, 5) is 12.4. The Morgan fingerprint density at radius 2 is 2.50 bits per heavy atom. The first kappa shape index (κ1) is 11.0. The normalized spacial score (nSPS) is 29.8. The molecule has 0 aliphatic carbocycles. The second-order valence-corrected chi connectivity index (χ2v) is 4.10. The van der Waals surface area contributed by atoms with Gasteiger partial charge in [0.2, 0.25) is 0 Å². The minimum absolute atomic E-state index is 0.326. The van der Waals surface area contributed by atoms with E-state index in [2.05, 4.69) is 6.07 Å². The van der Waals surface area contributed by atoms with Crippen LogP contribution in [0.2, 0.25) is 0 Å². The molecule has 0 aromatic carbocycles. The average molecular weight is 197 g/mol. The molecule has 1 heterocycles. The first-order valence-corrected chi connectivity index (χ1v) is 4.59. The van der Waals surface area contributed by atoms with Crippen molar-refractivity contribution in [3.05, 3.63) is 0 Å². The third-order valence-electron chi connectivity index (χ3n) is 2.59. The van der Waals surface area contributed by atoms with E-state index < -0.39 is 12.0 Å². The van der Waals surface area contributed by atoms with Gasteiger partial charge in [0.05, 0.1) is 11.5 Å². The van der Waals surface area contributed by atoms with Gasteiger partial charge in [-0.25, -0.2) is 0 Å². The molecule has 0 bridgehead atoms. The van der Waals surface area contributed by atoms with Crippen molar-refractivity contribution in [3.63, 3.8) is 0 Å². The highest BCUT2D eigenvalue weighted by Crippen LogP contribution is 2.28. The average Bonchev–Trinajstić information content (AvgIpc) is 2.48. The highest BCUT2D eigenvalue weighted by molar-refractivity contribution is 5.73. The lowest BCUT2D eigenvalue weighted by Gasteiger charge is -2.19. The Bertz CT molecular complexity index is 274. The molecule has 1 aliphatic rings. The monoisotopic (exact) mass is 197 g/mol. The lowest BCUT2D eigenvalue weighted by atomic mass is 9.92. The van der Waals surface area contributed by atoms with Crippen LogP contribution in [0.3, 0.4) is 0 Å². The second kappa shape index (κ2) is 3.95. The van der Waals surface area contributed by atoms with Crippen molar-refractivity contribution in [1.82, 2.24) is 4.90 Å². The predicted molar refractivity (Wildman–Crippen MR) is 50.4 cm³/mol. The van der Waals surface area contributed by atoms with Gasteiger partial charge in [0.1, 0.15) is 6.04 Å². The fourth-order valence-corrected chi connectivity index (χ4v) is 1.66. The molecular weight excluding hydrogens is 182 g/mol. The van der Waals surface area contributed by atoms with Crippen LogP contribution >= 0.6 is 0 Å². The number of hydrogen-bond acceptors (Lipinski definition) is 4. The molecule has 2 atom stereocenters. The molecule has 2 unspecified atom stereocenters. The van der Waals surface area contributed by atoms with Gasteiger partial charge in [-0.1, -0.05) is 0 Å². The number of hydrogen-bond donors (Lipinski definition) is 2. The van der Waals surface area contributed by atoms with E-state index >= 15 is 0 Å². The van der Waals surface area contributed by atoms with Gasteiger partial charge in [-0.05, 0) is 19.9 Å². The molecule has 1 saturated heterocycles. The van der Waals surface area contributed by atoms with Crippen LogP contribution in [0.1, 0.15) is 13.3 Å². The van der Waals surface area contributed by atoms with E-state index in [9.17, 15) is 4.79 Å². The molecule has 1 aliphatic heterocycles. The Morgan fingerprint density at radius 1 is 1.86 bits per heavy atom. The summed E-state index contributed by atoms with van der Waals surface area (Å²) in [6.07, 6.45) is 0.788. The quantitative estimate of drug-likeness (QED) is 0.644. The van der Waals surface area contributed by atoms with Gasteiger partial charge in [0.15, 0.2) is 0 Å². The minimum Gasteiger partial charge on any atom is -0.480 e. The Labute approximate surface area is 83.1 Å². The number of rotatable bonds is 3. The van der Waals surface area contributed by atoms with Crippen LogP contribution in [-0.2, 0) is 4.79 Å². The summed E-state index contributed by atoms with van der Waals surface area (Å²) in [7, 11) is 0. The van der Waals surface area contributed by atoms with E-state index in [1.807, 2.05) is 11.8 Å². The summed E-state index contributed by atoms with van der Waals surface area (Å²) >= 11 is 0. The van der Waals surface area contributed by atoms with Crippen molar-refractivity contribution >= 4 is 5.97 Å². The van der Waals surface area contributed by atoms with Crippen LogP contribution in [0.4, 0.5) is 0 Å². The number of nitrogens with two attached hydrogens (primary N) is 1. The van der Waals surface area contributed by atoms with Gasteiger partial charge < -0.3 is 10.8 Å². The Balaban J connectivity index is 2.45. The predicted octanol–water partition coefficient (Wildman–Crippen LogP) is -0.366. The Hall–Kier alpha value is -1.12. The van der Waals surface area contributed by atoms with Crippen LogP contribution in [0.15, 0.2) is 0 Å². The summed E-state index contributed by atoms with van der Waals surface area (Å²) in [6.45, 7) is 3.58. The van der Waals surface area contributed by atoms with E-state index in [-0.39, 0.29) is 5.41 Å². The Kier molecular flexibility index (Phi) is 3.09. The number of nitriles is 1. The lowest BCUT2D eigenvalue weighted by molar-refractivity contribution is -0.138. The first-order chi connectivity index (χ1) is 6.47. The maximum atomic E-state index is 10.5. The lowest BCUT2D eigenvalue weighted by Crippen LogP contribution is -2.42. The van der Waals surface area contributed by atoms with Crippen LogP contribution in [-0.4, -0.2) is 41.7 Å². The molecule has 78 valence electrons. The second-order valence-electron chi connectivity index (χ2n) is 4.10. The molecule has 1 fully saturated rings. The van der Waals surface area contributed by atoms with Crippen LogP contribution in [0.25, 0.3) is 0 Å². The summed E-state index contributed by atoms with van der Waals surface area (Å²) in [5, 5.41) is 17.5. The van der Waals surface area contributed by atoms with Crippen molar-refractivity contribution in [2.24, 2.45) is 11.1 Å². The SMILES string of the molecule is CC1(C#N)CCN(CC(N)C(=O)O)C1. The summed E-state index contributed by atoms with van der Waals surface area (Å²) < 4.78 is 0. The van der Waals surface area contributed by atoms with Crippen molar-refractivity contribution in [2.75, 3.05) is 19.6 Å². The smallest absolute Gasteiger partial charge is 0.321 e. The van der Waals surface area contributed by atoms with Gasteiger partial charge in [-0.15, -0.1) is 0 Å². The van der Waals surface area contributed by atoms with Crippen molar-refractivity contribution in [2.45, 2.75) is 19.4 Å². The zero-order chi connectivity index (χ0) is 10.8. The molecule has 0 saturated carbocycles. The molecule has 5 heteroatoms. The van der Waals surface area contributed by atoms with Gasteiger partial charge in [0.25, 0.3) is 0 Å². The van der Waals surface area contributed by atoms with Crippen molar-refractivity contribution < 1.29 is 9.90 Å². The molecule has 0 aromatic heterocycles. The van der Waals surface area contributed by atoms with Gasteiger partial charge in [-0.2, -0.15) is 5.26 Å². The number of aliphatic carboxylic acids is 1. The number of carboxylic acid groups (broad SMARTS) is 1. The van der Waals surface area contributed by atoms with Crippen molar-refractivity contribution in [1.29, 1.82) is 5.26 Å². The molecule has 0 aromatic rings. The zero-order valence-corrected chi connectivity index (χ0v) is 8.23. The largest absolute Gasteiger partial charge is 0.480 e. The summed E-state index contributed by atoms with van der Waals surface area (Å²) in [5.74, 6) is -0.990. The zero-order valence-electron chi connectivity index (χ0n) is 8.23. The third kappa shape index (κ3) is 2.44. The van der Waals surface area contributed by atoms with E-state index in [0.29, 0.717) is 13.1 Å². The van der Waals surface area contributed by atoms with E-state index in [1.54, 1.807) is 0 Å². The van der Waals surface area contributed by atoms with Gasteiger partial charge >= 0.3 is 5.97 Å². The maximum absolute atomic E-state index is 10.5. The Morgan fingerprint density at radius 3 is 2.93 bits per heavy atom. The standard InChI is InChI=1S/C9H15N3O2/c1-9(5-10)2-3-12(6-9)4-7(11)8(13)14/h7H,2-4,6,11H2,1H3,(H,13,14). The van der Waals surface area contributed by atoms with Gasteiger partial charge in [0, 0.05) is 13.1 Å². The third-order valence-corrected chi connectivity index (χ3v) is 2.59. The molecule has 0 spiro atoms. The highest BCUT2D eigenvalue weighted by atomic mass is 16.4. The number of carboxylic acids is 1. The molecule has 0 radical (unpaired) electrons. The van der Waals surface area contributed by atoms with Crippen LogP contribution in [0.5, 0.6) is 0 Å². The number of carbonyl (C=O) groups is 1. The molecule has 3 N–H and O–H groups in total. The molecule has 14 heavy (non-hydrogen) atoms. The van der Waals surface area contributed by atoms with E-state index in [0.717, 1.165) is 13.0 Å². The summed E-state index contributed by atoms with van der Waals surface area (Å²) in [6, 6.07) is 1.39. The highest BCUT2D eigenvalue weighted by Gasteiger charge is 2.34. The summed E-state index contributed by atoms with van der Waals surface area (Å²) in [5.41, 5.74) is 5.07. The van der Waals surface area contributed by atoms with Crippen molar-refractivity contribution in [3.8, 4) is 6.07 Å². The molecule has 0 amide bonds. The van der Waals surface area contributed by atoms with Crippen LogP contribution in [0, 0.1) is 16.7 Å². The molecule has 1 rings (SSSR count). The topological polar surface area (TPSA) is 90.4 Å².